The van der Waals surface area contributed by atoms with E-state index in [0.29, 0.717) is 0 Å². The van der Waals surface area contributed by atoms with Gasteiger partial charge in [-0.15, -0.1) is 0 Å². The molecule has 1 amide bonds. The van der Waals surface area contributed by atoms with Crippen LogP contribution in [0.15, 0.2) is 59.9 Å². The van der Waals surface area contributed by atoms with Crippen LogP contribution in [0.25, 0.3) is 5.69 Å². The molecule has 2 heterocycles. The summed E-state index contributed by atoms with van der Waals surface area (Å²) in [5.41, 5.74) is 1.92. The van der Waals surface area contributed by atoms with Crippen LogP contribution in [-0.2, 0) is 7.05 Å². The molecule has 0 unspecified atom stereocenters. The largest absolute Gasteiger partial charge is 0.344 e. The van der Waals surface area contributed by atoms with Gasteiger partial charge in [-0.2, -0.15) is 5.10 Å². The van der Waals surface area contributed by atoms with E-state index in [-0.39, 0.29) is 23.2 Å². The first kappa shape index (κ1) is 15.7. The number of imidazole rings is 1. The Bertz CT molecular complexity index is 897. The van der Waals surface area contributed by atoms with Gasteiger partial charge < -0.3 is 9.88 Å². The van der Waals surface area contributed by atoms with Gasteiger partial charge in [-0.05, 0) is 30.7 Å². The van der Waals surface area contributed by atoms with Crippen LogP contribution in [0.2, 0.25) is 0 Å². The minimum Gasteiger partial charge on any atom is -0.344 e. The number of carbonyl (C=O) groups is 1. The smallest absolute Gasteiger partial charge is 0.272 e. The van der Waals surface area contributed by atoms with Crippen molar-refractivity contribution in [1.82, 2.24) is 24.6 Å². The molecule has 0 radical (unpaired) electrons. The summed E-state index contributed by atoms with van der Waals surface area (Å²) in [5.74, 6) is -0.322. The predicted octanol–water partition coefficient (Wildman–Crippen LogP) is 1.46. The van der Waals surface area contributed by atoms with E-state index >= 15 is 0 Å². The zero-order chi connectivity index (χ0) is 17.1. The molecule has 0 saturated heterocycles. The molecule has 122 valence electrons. The Morgan fingerprint density at radius 1 is 1.17 bits per heavy atom. The van der Waals surface area contributed by atoms with Crippen molar-refractivity contribution in [3.05, 3.63) is 76.7 Å². The molecule has 7 heteroatoms. The minimum atomic E-state index is -0.322. The first-order valence-corrected chi connectivity index (χ1v) is 7.48. The maximum Gasteiger partial charge on any atom is 0.272 e. The summed E-state index contributed by atoms with van der Waals surface area (Å²) in [6.45, 7) is 1.89. The number of nitrogens with one attached hydrogen (secondary N) is 1. The van der Waals surface area contributed by atoms with Crippen LogP contribution in [0.5, 0.6) is 0 Å². The maximum absolute atomic E-state index is 12.2. The molecule has 0 saturated carbocycles. The van der Waals surface area contributed by atoms with Crippen molar-refractivity contribution < 1.29 is 4.79 Å². The third-order valence-corrected chi connectivity index (χ3v) is 3.74. The molecular weight excluding hydrogens is 306 g/mol. The van der Waals surface area contributed by atoms with Crippen molar-refractivity contribution >= 4 is 5.91 Å². The van der Waals surface area contributed by atoms with Gasteiger partial charge in [0.25, 0.3) is 11.5 Å². The summed E-state index contributed by atoms with van der Waals surface area (Å²) in [7, 11) is 1.51. The Morgan fingerprint density at radius 2 is 1.92 bits per heavy atom. The van der Waals surface area contributed by atoms with Crippen molar-refractivity contribution in [3.63, 3.8) is 0 Å². The van der Waals surface area contributed by atoms with E-state index in [9.17, 15) is 9.59 Å². The number of hydrogen-bond acceptors (Lipinski definition) is 4. The molecule has 2 aromatic heterocycles. The lowest BCUT2D eigenvalue weighted by Crippen LogP contribution is -2.30. The highest BCUT2D eigenvalue weighted by molar-refractivity contribution is 5.92. The molecule has 1 aromatic carbocycles. The molecule has 3 rings (SSSR count). The summed E-state index contributed by atoms with van der Waals surface area (Å²) in [4.78, 5) is 27.6. The molecule has 0 bridgehead atoms. The van der Waals surface area contributed by atoms with Gasteiger partial charge >= 0.3 is 0 Å². The fourth-order valence-electron chi connectivity index (χ4n) is 2.32. The average Bonchev–Trinajstić information content (AvgIpc) is 3.12. The second kappa shape index (κ2) is 6.49. The second-order valence-electron chi connectivity index (χ2n) is 5.44. The predicted molar refractivity (Wildman–Crippen MR) is 88.9 cm³/mol. The van der Waals surface area contributed by atoms with E-state index < -0.39 is 0 Å². The van der Waals surface area contributed by atoms with Crippen molar-refractivity contribution in [2.75, 3.05) is 0 Å². The molecule has 0 aliphatic carbocycles. The molecule has 1 N–H and O–H groups in total. The molecule has 0 aliphatic rings. The van der Waals surface area contributed by atoms with Crippen molar-refractivity contribution in [2.24, 2.45) is 7.05 Å². The van der Waals surface area contributed by atoms with Gasteiger partial charge in [0, 0.05) is 31.2 Å². The highest BCUT2D eigenvalue weighted by atomic mass is 16.2. The van der Waals surface area contributed by atoms with Crippen LogP contribution in [0.4, 0.5) is 0 Å². The monoisotopic (exact) mass is 323 g/mol. The van der Waals surface area contributed by atoms with Gasteiger partial charge in [0.05, 0.1) is 12.4 Å². The minimum absolute atomic E-state index is 0.187. The fraction of sp³-hybridized carbons (Fsp3) is 0.176. The van der Waals surface area contributed by atoms with E-state index in [0.717, 1.165) is 15.9 Å². The van der Waals surface area contributed by atoms with E-state index in [4.69, 9.17) is 0 Å². The second-order valence-corrected chi connectivity index (χ2v) is 5.44. The van der Waals surface area contributed by atoms with Crippen LogP contribution in [0, 0.1) is 0 Å². The van der Waals surface area contributed by atoms with Gasteiger partial charge in [0.2, 0.25) is 0 Å². The zero-order valence-electron chi connectivity index (χ0n) is 13.4. The van der Waals surface area contributed by atoms with E-state index in [2.05, 4.69) is 15.4 Å². The van der Waals surface area contributed by atoms with Crippen LogP contribution in [-0.4, -0.2) is 25.2 Å². The number of nitrogens with zero attached hydrogens (tertiary/aromatic N) is 4. The number of benzene rings is 1. The maximum atomic E-state index is 12.2. The van der Waals surface area contributed by atoms with Crippen molar-refractivity contribution in [3.8, 4) is 5.69 Å². The number of amides is 1. The van der Waals surface area contributed by atoms with Gasteiger partial charge in [-0.3, -0.25) is 9.59 Å². The molecule has 24 heavy (non-hydrogen) atoms. The summed E-state index contributed by atoms with van der Waals surface area (Å²) in [6, 6.07) is 10.4. The molecule has 3 aromatic rings. The Balaban J connectivity index is 1.72. The lowest BCUT2D eigenvalue weighted by atomic mass is 10.1. The van der Waals surface area contributed by atoms with E-state index in [1.54, 1.807) is 12.5 Å². The molecule has 1 atom stereocenters. The molecule has 0 fully saturated rings. The lowest BCUT2D eigenvalue weighted by Gasteiger charge is -2.15. The third-order valence-electron chi connectivity index (χ3n) is 3.74. The SMILES string of the molecule is C[C@@H](NC(=O)c1ccc(=O)n(C)n1)c1ccc(-n2ccnc2)cc1. The fourth-order valence-corrected chi connectivity index (χ4v) is 2.32. The standard InChI is InChI=1S/C17H17N5O2/c1-12(19-17(24)15-7-8-16(23)21(2)20-15)13-3-5-14(6-4-13)22-10-9-18-11-22/h3-12H,1-2H3,(H,19,24)/t12-/m1/s1. The van der Waals surface area contributed by atoms with Crippen LogP contribution in [0.3, 0.4) is 0 Å². The first-order chi connectivity index (χ1) is 11.5. The summed E-state index contributed by atoms with van der Waals surface area (Å²) < 4.78 is 3.04. The number of aryl methyl sites for hydroxylation is 1. The highest BCUT2D eigenvalue weighted by Gasteiger charge is 2.13. The normalized spacial score (nSPS) is 11.9. The molecule has 0 spiro atoms. The lowest BCUT2D eigenvalue weighted by molar-refractivity contribution is 0.0932. The number of aromatic nitrogens is 4. The third kappa shape index (κ3) is 3.24. The van der Waals surface area contributed by atoms with Gasteiger partial charge in [-0.1, -0.05) is 12.1 Å². The Labute approximate surface area is 138 Å². The molecule has 0 aliphatic heterocycles. The van der Waals surface area contributed by atoms with Crippen LogP contribution in [0.1, 0.15) is 29.0 Å². The Kier molecular flexibility index (Phi) is 4.24. The highest BCUT2D eigenvalue weighted by Crippen LogP contribution is 2.16. The summed E-state index contributed by atoms with van der Waals surface area (Å²) in [5, 5.41) is 6.83. The van der Waals surface area contributed by atoms with Gasteiger partial charge in [-0.25, -0.2) is 9.67 Å². The number of carbonyl (C=O) groups excluding carboxylic acids is 1. The zero-order valence-corrected chi connectivity index (χ0v) is 13.4. The number of hydrogen-bond donors (Lipinski definition) is 1. The van der Waals surface area contributed by atoms with E-state index in [1.165, 1.54) is 19.2 Å². The summed E-state index contributed by atoms with van der Waals surface area (Å²) in [6.07, 6.45) is 5.31. The first-order valence-electron chi connectivity index (χ1n) is 7.48. The van der Waals surface area contributed by atoms with Gasteiger partial charge in [0.15, 0.2) is 0 Å². The quantitative estimate of drug-likeness (QED) is 0.788. The van der Waals surface area contributed by atoms with Gasteiger partial charge in [0.1, 0.15) is 5.69 Å². The number of rotatable bonds is 4. The molecule has 7 nitrogen and oxygen atoms in total. The van der Waals surface area contributed by atoms with Crippen molar-refractivity contribution in [1.29, 1.82) is 0 Å². The topological polar surface area (TPSA) is 81.8 Å². The van der Waals surface area contributed by atoms with Crippen molar-refractivity contribution in [2.45, 2.75) is 13.0 Å². The Morgan fingerprint density at radius 3 is 2.54 bits per heavy atom. The summed E-state index contributed by atoms with van der Waals surface area (Å²) >= 11 is 0. The Hall–Kier alpha value is -3.22. The average molecular weight is 323 g/mol. The molecular formula is C17H17N5O2. The van der Waals surface area contributed by atoms with Crippen LogP contribution >= 0.6 is 0 Å². The van der Waals surface area contributed by atoms with Crippen LogP contribution < -0.4 is 10.9 Å². The van der Waals surface area contributed by atoms with E-state index in [1.807, 2.05) is 42.0 Å².